The molecule has 0 aromatic rings. The van der Waals surface area contributed by atoms with Crippen molar-refractivity contribution in [3.8, 4) is 0 Å². The fourth-order valence-electron chi connectivity index (χ4n) is 2.86. The smallest absolute Gasteiger partial charge is 0.320 e. The van der Waals surface area contributed by atoms with E-state index < -0.39 is 5.97 Å². The van der Waals surface area contributed by atoms with Gasteiger partial charge in [0.15, 0.2) is 0 Å². The molecule has 0 aromatic carbocycles. The summed E-state index contributed by atoms with van der Waals surface area (Å²) in [6.45, 7) is 5.71. The highest BCUT2D eigenvalue weighted by atomic mass is 16.4. The second kappa shape index (κ2) is 5.33. The average molecular weight is 241 g/mol. The molecule has 2 rings (SSSR count). The van der Waals surface area contributed by atoms with E-state index in [2.05, 4.69) is 9.80 Å². The molecule has 2 unspecified atom stereocenters. The fourth-order valence-corrected chi connectivity index (χ4v) is 2.86. The summed E-state index contributed by atoms with van der Waals surface area (Å²) in [6.07, 6.45) is 3.24. The number of piperidine rings is 1. The highest BCUT2D eigenvalue weighted by Gasteiger charge is 2.33. The predicted octanol–water partition coefficient (Wildman–Crippen LogP) is -0.0431. The number of carbonyl (C=O) groups is 1. The van der Waals surface area contributed by atoms with Crippen molar-refractivity contribution in [1.29, 1.82) is 0 Å². The number of nitrogens with two attached hydrogens (primary N) is 1. The zero-order chi connectivity index (χ0) is 12.4. The van der Waals surface area contributed by atoms with Gasteiger partial charge in [0.1, 0.15) is 6.04 Å². The molecule has 3 N–H and O–H groups in total. The van der Waals surface area contributed by atoms with Gasteiger partial charge in [-0.15, -0.1) is 0 Å². The molecule has 5 nitrogen and oxygen atoms in total. The molecule has 5 heteroatoms. The van der Waals surface area contributed by atoms with Crippen LogP contribution < -0.4 is 5.73 Å². The number of likely N-dealkylation sites (tertiary alicyclic amines) is 2. The number of hydrogen-bond acceptors (Lipinski definition) is 4. The standard InChI is InChI=1S/C12H23N3O2/c1-9(12(16)17)15-7-4-11(8-15)14-5-2-10(13)3-6-14/h9-11H,2-8,13H2,1H3,(H,16,17). The van der Waals surface area contributed by atoms with Gasteiger partial charge in [-0.3, -0.25) is 14.6 Å². The Morgan fingerprint density at radius 2 is 1.94 bits per heavy atom. The molecule has 0 aromatic heterocycles. The lowest BCUT2D eigenvalue weighted by Gasteiger charge is -2.35. The van der Waals surface area contributed by atoms with Gasteiger partial charge in [-0.05, 0) is 39.3 Å². The molecular weight excluding hydrogens is 218 g/mol. The first-order chi connectivity index (χ1) is 8.08. The van der Waals surface area contributed by atoms with Crippen LogP contribution in [0.2, 0.25) is 0 Å². The Bertz CT molecular complexity index is 277. The lowest BCUT2D eigenvalue weighted by atomic mass is 10.0. The van der Waals surface area contributed by atoms with Crippen LogP contribution in [0.4, 0.5) is 0 Å². The van der Waals surface area contributed by atoms with Crippen molar-refractivity contribution in [2.75, 3.05) is 26.2 Å². The molecule has 2 heterocycles. The van der Waals surface area contributed by atoms with E-state index in [0.29, 0.717) is 12.1 Å². The summed E-state index contributed by atoms with van der Waals surface area (Å²) < 4.78 is 0. The van der Waals surface area contributed by atoms with Crippen LogP contribution in [-0.4, -0.2) is 65.2 Å². The number of nitrogens with zero attached hydrogens (tertiary/aromatic N) is 2. The van der Waals surface area contributed by atoms with Crippen LogP contribution in [0.1, 0.15) is 26.2 Å². The van der Waals surface area contributed by atoms with Crippen molar-refractivity contribution >= 4 is 5.97 Å². The van der Waals surface area contributed by atoms with Crippen LogP contribution in [0.5, 0.6) is 0 Å². The van der Waals surface area contributed by atoms with Crippen molar-refractivity contribution in [1.82, 2.24) is 9.80 Å². The minimum Gasteiger partial charge on any atom is -0.480 e. The lowest BCUT2D eigenvalue weighted by molar-refractivity contribution is -0.142. The molecular formula is C12H23N3O2. The van der Waals surface area contributed by atoms with Crippen LogP contribution in [0.3, 0.4) is 0 Å². The molecule has 0 amide bonds. The summed E-state index contributed by atoms with van der Waals surface area (Å²) in [4.78, 5) is 15.5. The van der Waals surface area contributed by atoms with Crippen LogP contribution in [0.15, 0.2) is 0 Å². The van der Waals surface area contributed by atoms with E-state index in [9.17, 15) is 4.79 Å². The molecule has 17 heavy (non-hydrogen) atoms. The Kier molecular flexibility index (Phi) is 4.01. The summed E-state index contributed by atoms with van der Waals surface area (Å²) >= 11 is 0. The van der Waals surface area contributed by atoms with Gasteiger partial charge >= 0.3 is 5.97 Å². The Hall–Kier alpha value is -0.650. The van der Waals surface area contributed by atoms with E-state index >= 15 is 0 Å². The third-order valence-corrected chi connectivity index (χ3v) is 4.19. The molecule has 2 atom stereocenters. The van der Waals surface area contributed by atoms with Gasteiger partial charge in [-0.2, -0.15) is 0 Å². The molecule has 0 saturated carbocycles. The predicted molar refractivity (Wildman–Crippen MR) is 65.9 cm³/mol. The number of aliphatic carboxylic acids is 1. The molecule has 2 aliphatic rings. The average Bonchev–Trinajstić information content (AvgIpc) is 2.78. The molecule has 0 aliphatic carbocycles. The summed E-state index contributed by atoms with van der Waals surface area (Å²) in [6, 6.07) is 0.540. The highest BCUT2D eigenvalue weighted by molar-refractivity contribution is 5.72. The molecule has 98 valence electrons. The van der Waals surface area contributed by atoms with Crippen LogP contribution >= 0.6 is 0 Å². The van der Waals surface area contributed by atoms with Gasteiger partial charge in [0, 0.05) is 25.2 Å². The van der Waals surface area contributed by atoms with Gasteiger partial charge in [-0.1, -0.05) is 0 Å². The van der Waals surface area contributed by atoms with E-state index in [-0.39, 0.29) is 6.04 Å². The van der Waals surface area contributed by atoms with Crippen molar-refractivity contribution in [3.05, 3.63) is 0 Å². The van der Waals surface area contributed by atoms with Crippen LogP contribution in [0, 0.1) is 0 Å². The maximum Gasteiger partial charge on any atom is 0.320 e. The van der Waals surface area contributed by atoms with Crippen LogP contribution in [0.25, 0.3) is 0 Å². The highest BCUT2D eigenvalue weighted by Crippen LogP contribution is 2.21. The van der Waals surface area contributed by atoms with E-state index in [1.165, 1.54) is 0 Å². The van der Waals surface area contributed by atoms with Gasteiger partial charge < -0.3 is 10.8 Å². The zero-order valence-corrected chi connectivity index (χ0v) is 10.5. The van der Waals surface area contributed by atoms with Gasteiger partial charge in [0.2, 0.25) is 0 Å². The second-order valence-corrected chi connectivity index (χ2v) is 5.33. The number of rotatable bonds is 3. The van der Waals surface area contributed by atoms with Crippen LogP contribution in [-0.2, 0) is 4.79 Å². The Morgan fingerprint density at radius 3 is 2.53 bits per heavy atom. The van der Waals surface area contributed by atoms with Crippen molar-refractivity contribution in [2.45, 2.75) is 44.3 Å². The third kappa shape index (κ3) is 2.97. The quantitative estimate of drug-likeness (QED) is 0.725. The van der Waals surface area contributed by atoms with E-state index in [0.717, 1.165) is 45.4 Å². The van der Waals surface area contributed by atoms with E-state index in [1.807, 2.05) is 0 Å². The largest absolute Gasteiger partial charge is 0.480 e. The lowest BCUT2D eigenvalue weighted by Crippen LogP contribution is -2.47. The molecule has 2 saturated heterocycles. The fraction of sp³-hybridized carbons (Fsp3) is 0.917. The minimum atomic E-state index is -0.716. The third-order valence-electron chi connectivity index (χ3n) is 4.19. The molecule has 0 bridgehead atoms. The summed E-state index contributed by atoms with van der Waals surface area (Å²) in [5, 5.41) is 9.00. The van der Waals surface area contributed by atoms with Crippen molar-refractivity contribution in [3.63, 3.8) is 0 Å². The first kappa shape index (κ1) is 12.8. The van der Waals surface area contributed by atoms with Gasteiger partial charge in [-0.25, -0.2) is 0 Å². The zero-order valence-electron chi connectivity index (χ0n) is 10.5. The maximum atomic E-state index is 10.9. The minimum absolute atomic E-state index is 0.355. The summed E-state index contributed by atoms with van der Waals surface area (Å²) in [7, 11) is 0. The van der Waals surface area contributed by atoms with Gasteiger partial charge in [0.05, 0.1) is 0 Å². The number of hydrogen-bond donors (Lipinski definition) is 2. The van der Waals surface area contributed by atoms with E-state index in [4.69, 9.17) is 10.8 Å². The molecule has 2 fully saturated rings. The first-order valence-electron chi connectivity index (χ1n) is 6.54. The maximum absolute atomic E-state index is 10.9. The van der Waals surface area contributed by atoms with Crippen molar-refractivity contribution < 1.29 is 9.90 Å². The first-order valence-corrected chi connectivity index (χ1v) is 6.54. The monoisotopic (exact) mass is 241 g/mol. The summed E-state index contributed by atoms with van der Waals surface area (Å²) in [5.74, 6) is -0.716. The summed E-state index contributed by atoms with van der Waals surface area (Å²) in [5.41, 5.74) is 5.90. The Morgan fingerprint density at radius 1 is 1.29 bits per heavy atom. The Labute approximate surface area is 103 Å². The van der Waals surface area contributed by atoms with E-state index in [1.54, 1.807) is 6.92 Å². The van der Waals surface area contributed by atoms with Crippen molar-refractivity contribution in [2.24, 2.45) is 5.73 Å². The number of carboxylic acid groups (broad SMARTS) is 1. The van der Waals surface area contributed by atoms with Gasteiger partial charge in [0.25, 0.3) is 0 Å². The molecule has 2 aliphatic heterocycles. The second-order valence-electron chi connectivity index (χ2n) is 5.33. The Balaban J connectivity index is 1.83. The molecule has 0 radical (unpaired) electrons. The molecule has 0 spiro atoms. The topological polar surface area (TPSA) is 69.8 Å². The normalized spacial score (nSPS) is 30.6. The SMILES string of the molecule is CC(C(=O)O)N1CCC(N2CCC(N)CC2)C1. The number of carboxylic acids is 1.